The first-order valence-electron chi connectivity index (χ1n) is 10.2. The third kappa shape index (κ3) is 6.52. The smallest absolute Gasteiger partial charge is 0.191 e. The second-order valence-corrected chi connectivity index (χ2v) is 7.75. The first kappa shape index (κ1) is 22.3. The van der Waals surface area contributed by atoms with Crippen LogP contribution in [0.2, 0.25) is 0 Å². The molecule has 0 saturated carbocycles. The summed E-state index contributed by atoms with van der Waals surface area (Å²) >= 11 is 0. The van der Waals surface area contributed by atoms with Gasteiger partial charge < -0.3 is 20.3 Å². The van der Waals surface area contributed by atoms with E-state index in [1.807, 2.05) is 6.07 Å². The number of piperidine rings is 1. The number of nitrogens with one attached hydrogen (secondary N) is 2. The Bertz CT molecular complexity index is 583. The summed E-state index contributed by atoms with van der Waals surface area (Å²) in [7, 11) is 0. The van der Waals surface area contributed by atoms with Gasteiger partial charge in [-0.3, -0.25) is 4.99 Å². The minimum Gasteiger partial charge on any atom is -0.488 e. The van der Waals surface area contributed by atoms with Crippen molar-refractivity contribution in [1.29, 1.82) is 0 Å². The first-order valence-corrected chi connectivity index (χ1v) is 10.2. The molecule has 2 aliphatic heterocycles. The van der Waals surface area contributed by atoms with Crippen molar-refractivity contribution < 1.29 is 4.74 Å². The van der Waals surface area contributed by atoms with Crippen LogP contribution in [-0.4, -0.2) is 55.7 Å². The van der Waals surface area contributed by atoms with E-state index in [9.17, 15) is 0 Å². The molecular weight excluding hydrogens is 451 g/mol. The van der Waals surface area contributed by atoms with Gasteiger partial charge in [-0.1, -0.05) is 18.2 Å². The number of nitrogens with zero attached hydrogens (tertiary/aromatic N) is 2. The molecule has 1 saturated heterocycles. The molecule has 2 N–H and O–H groups in total. The molecule has 0 bridgehead atoms. The number of aliphatic imine (C=N–C) groups is 1. The normalized spacial score (nSPS) is 22.7. The quantitative estimate of drug-likeness (QED) is 0.368. The zero-order valence-corrected chi connectivity index (χ0v) is 19.2. The Morgan fingerprint density at radius 2 is 2.11 bits per heavy atom. The summed E-state index contributed by atoms with van der Waals surface area (Å²) in [6.07, 6.45) is 3.72. The van der Waals surface area contributed by atoms with Gasteiger partial charge in [0.25, 0.3) is 0 Å². The number of fused-ring (bicyclic) bond motifs is 1. The molecular formula is C21H35IN4O. The molecule has 1 fully saturated rings. The number of ether oxygens (including phenoxy) is 1. The molecule has 1 aromatic rings. The lowest BCUT2D eigenvalue weighted by Crippen LogP contribution is -2.43. The van der Waals surface area contributed by atoms with E-state index in [-0.39, 0.29) is 30.1 Å². The summed E-state index contributed by atoms with van der Waals surface area (Å²) in [4.78, 5) is 7.43. The summed E-state index contributed by atoms with van der Waals surface area (Å²) in [5.41, 5.74) is 1.30. The molecule has 5 nitrogen and oxygen atoms in total. The van der Waals surface area contributed by atoms with E-state index in [4.69, 9.17) is 9.73 Å². The Morgan fingerprint density at radius 1 is 1.30 bits per heavy atom. The topological polar surface area (TPSA) is 48.9 Å². The minimum absolute atomic E-state index is 0. The Labute approximate surface area is 181 Å². The van der Waals surface area contributed by atoms with Gasteiger partial charge in [0.1, 0.15) is 11.9 Å². The van der Waals surface area contributed by atoms with Crippen LogP contribution in [0.3, 0.4) is 0 Å². The average molecular weight is 486 g/mol. The SMILES string of the molecule is CCNC(=NCC1CCCN(C(C)C)C1)NCC1Cc2ccccc2O1.I. The van der Waals surface area contributed by atoms with Gasteiger partial charge in [-0.2, -0.15) is 0 Å². The maximum absolute atomic E-state index is 6.02. The Kier molecular flexibility index (Phi) is 9.15. The highest BCUT2D eigenvalue weighted by Gasteiger charge is 2.23. The summed E-state index contributed by atoms with van der Waals surface area (Å²) in [5, 5.41) is 6.84. The van der Waals surface area contributed by atoms with Crippen LogP contribution in [0, 0.1) is 5.92 Å². The lowest BCUT2D eigenvalue weighted by Gasteiger charge is -2.34. The van der Waals surface area contributed by atoms with Crippen molar-refractivity contribution >= 4 is 29.9 Å². The van der Waals surface area contributed by atoms with E-state index in [0.29, 0.717) is 12.0 Å². The molecule has 0 aromatic heterocycles. The van der Waals surface area contributed by atoms with Crippen molar-refractivity contribution in [3.05, 3.63) is 29.8 Å². The number of hydrogen-bond donors (Lipinski definition) is 2. The van der Waals surface area contributed by atoms with E-state index in [1.54, 1.807) is 0 Å². The van der Waals surface area contributed by atoms with Gasteiger partial charge >= 0.3 is 0 Å². The van der Waals surface area contributed by atoms with Crippen LogP contribution in [0.1, 0.15) is 39.2 Å². The fraction of sp³-hybridized carbons (Fsp3) is 0.667. The molecule has 0 radical (unpaired) electrons. The van der Waals surface area contributed by atoms with Gasteiger partial charge in [-0.25, -0.2) is 0 Å². The van der Waals surface area contributed by atoms with Gasteiger partial charge in [0, 0.05) is 32.1 Å². The summed E-state index contributed by atoms with van der Waals surface area (Å²) < 4.78 is 6.02. The van der Waals surface area contributed by atoms with E-state index < -0.39 is 0 Å². The van der Waals surface area contributed by atoms with E-state index >= 15 is 0 Å². The predicted octanol–water partition coefficient (Wildman–Crippen LogP) is 3.28. The van der Waals surface area contributed by atoms with E-state index in [1.165, 1.54) is 31.5 Å². The third-order valence-electron chi connectivity index (χ3n) is 5.34. The molecule has 0 amide bonds. The molecule has 0 spiro atoms. The number of benzene rings is 1. The maximum Gasteiger partial charge on any atom is 0.191 e. The van der Waals surface area contributed by atoms with Crippen molar-refractivity contribution in [3.8, 4) is 5.75 Å². The number of halogens is 1. The Balaban J connectivity index is 0.00000261. The fourth-order valence-electron chi connectivity index (χ4n) is 3.86. The highest BCUT2D eigenvalue weighted by Crippen LogP contribution is 2.27. The van der Waals surface area contributed by atoms with Crippen LogP contribution < -0.4 is 15.4 Å². The third-order valence-corrected chi connectivity index (χ3v) is 5.34. The van der Waals surface area contributed by atoms with Crippen LogP contribution in [-0.2, 0) is 6.42 Å². The highest BCUT2D eigenvalue weighted by molar-refractivity contribution is 14.0. The van der Waals surface area contributed by atoms with Gasteiger partial charge in [0.2, 0.25) is 0 Å². The van der Waals surface area contributed by atoms with Crippen LogP contribution in [0.4, 0.5) is 0 Å². The Hall–Kier alpha value is -1.02. The molecule has 3 rings (SSSR count). The number of hydrogen-bond acceptors (Lipinski definition) is 3. The van der Waals surface area contributed by atoms with Crippen LogP contribution in [0.5, 0.6) is 5.75 Å². The molecule has 1 aromatic carbocycles. The molecule has 2 atom stereocenters. The summed E-state index contributed by atoms with van der Waals surface area (Å²) in [5.74, 6) is 2.60. The fourth-order valence-corrected chi connectivity index (χ4v) is 3.86. The minimum atomic E-state index is 0. The molecule has 2 unspecified atom stereocenters. The zero-order chi connectivity index (χ0) is 18.4. The summed E-state index contributed by atoms with van der Waals surface area (Å²) in [6.45, 7) is 11.6. The first-order chi connectivity index (χ1) is 12.7. The van der Waals surface area contributed by atoms with Crippen molar-refractivity contribution in [1.82, 2.24) is 15.5 Å². The van der Waals surface area contributed by atoms with Crippen LogP contribution in [0.25, 0.3) is 0 Å². The van der Waals surface area contributed by atoms with Gasteiger partial charge in [0.15, 0.2) is 5.96 Å². The summed E-state index contributed by atoms with van der Waals surface area (Å²) in [6, 6.07) is 8.95. The monoisotopic (exact) mass is 486 g/mol. The van der Waals surface area contributed by atoms with Gasteiger partial charge in [-0.05, 0) is 57.7 Å². The highest BCUT2D eigenvalue weighted by atomic mass is 127. The van der Waals surface area contributed by atoms with Crippen LogP contribution in [0.15, 0.2) is 29.3 Å². The molecule has 152 valence electrons. The lowest BCUT2D eigenvalue weighted by atomic mass is 9.97. The molecule has 2 heterocycles. The second kappa shape index (κ2) is 11.1. The Morgan fingerprint density at radius 3 is 2.85 bits per heavy atom. The molecule has 27 heavy (non-hydrogen) atoms. The predicted molar refractivity (Wildman–Crippen MR) is 123 cm³/mol. The van der Waals surface area contributed by atoms with Crippen molar-refractivity contribution in [2.75, 3.05) is 32.7 Å². The molecule has 2 aliphatic rings. The van der Waals surface area contributed by atoms with E-state index in [2.05, 4.69) is 54.5 Å². The van der Waals surface area contributed by atoms with Gasteiger partial charge in [-0.15, -0.1) is 24.0 Å². The van der Waals surface area contributed by atoms with Crippen molar-refractivity contribution in [2.24, 2.45) is 10.9 Å². The maximum atomic E-state index is 6.02. The lowest BCUT2D eigenvalue weighted by molar-refractivity contribution is 0.143. The number of rotatable bonds is 6. The van der Waals surface area contributed by atoms with Gasteiger partial charge in [0.05, 0.1) is 6.54 Å². The second-order valence-electron chi connectivity index (χ2n) is 7.75. The zero-order valence-electron chi connectivity index (χ0n) is 16.9. The molecule has 0 aliphatic carbocycles. The number of para-hydroxylation sites is 1. The largest absolute Gasteiger partial charge is 0.488 e. The van der Waals surface area contributed by atoms with Crippen molar-refractivity contribution in [3.63, 3.8) is 0 Å². The van der Waals surface area contributed by atoms with Crippen LogP contribution >= 0.6 is 24.0 Å². The standard InChI is InChI=1S/C21H34N4O.HI/c1-4-22-21(23-13-17-8-7-11-25(15-17)16(2)3)24-14-19-12-18-9-5-6-10-20(18)26-19;/h5-6,9-10,16-17,19H,4,7-8,11-15H2,1-3H3,(H2,22,23,24);1H. The molecule has 6 heteroatoms. The number of likely N-dealkylation sites (tertiary alicyclic amines) is 1. The number of guanidine groups is 1. The van der Waals surface area contributed by atoms with Crippen molar-refractivity contribution in [2.45, 2.75) is 52.2 Å². The average Bonchev–Trinajstić information content (AvgIpc) is 3.07. The van der Waals surface area contributed by atoms with E-state index in [0.717, 1.165) is 37.8 Å².